The topological polar surface area (TPSA) is 63.6 Å². The third-order valence-electron chi connectivity index (χ3n) is 3.87. The van der Waals surface area contributed by atoms with E-state index in [0.717, 1.165) is 11.1 Å². The Hall–Kier alpha value is -2.62. The molecule has 24 heavy (non-hydrogen) atoms. The molecular formula is C20H22O4. The highest BCUT2D eigenvalue weighted by molar-refractivity contribution is 5.95. The van der Waals surface area contributed by atoms with Crippen LogP contribution in [0.2, 0.25) is 0 Å². The molecule has 0 amide bonds. The summed E-state index contributed by atoms with van der Waals surface area (Å²) in [5.74, 6) is -1.07. The maximum atomic E-state index is 12.5. The van der Waals surface area contributed by atoms with Crippen LogP contribution in [0.5, 0.6) is 5.75 Å². The monoisotopic (exact) mass is 326 g/mol. The van der Waals surface area contributed by atoms with Crippen molar-refractivity contribution >= 4 is 11.9 Å². The quantitative estimate of drug-likeness (QED) is 0.630. The molecule has 4 nitrogen and oxygen atoms in total. The second-order valence-electron chi connectivity index (χ2n) is 6.39. The summed E-state index contributed by atoms with van der Waals surface area (Å²) >= 11 is 0. The molecule has 0 bridgehead atoms. The van der Waals surface area contributed by atoms with Crippen LogP contribution in [-0.4, -0.2) is 17.0 Å². The van der Waals surface area contributed by atoms with Crippen molar-refractivity contribution in [3.63, 3.8) is 0 Å². The highest BCUT2D eigenvalue weighted by atomic mass is 16.5. The molecule has 0 saturated carbocycles. The zero-order valence-corrected chi connectivity index (χ0v) is 14.4. The average molecular weight is 326 g/mol. The van der Waals surface area contributed by atoms with Crippen LogP contribution in [0.1, 0.15) is 71.4 Å². The van der Waals surface area contributed by atoms with Crippen molar-refractivity contribution in [3.8, 4) is 5.75 Å². The van der Waals surface area contributed by atoms with Gasteiger partial charge >= 0.3 is 11.9 Å². The molecule has 0 aliphatic heterocycles. The van der Waals surface area contributed by atoms with Gasteiger partial charge in [-0.15, -0.1) is 0 Å². The van der Waals surface area contributed by atoms with Crippen molar-refractivity contribution < 1.29 is 19.4 Å². The minimum atomic E-state index is -1.13. The number of ether oxygens (including phenoxy) is 1. The van der Waals surface area contributed by atoms with Crippen LogP contribution in [0.3, 0.4) is 0 Å². The van der Waals surface area contributed by atoms with Crippen LogP contribution < -0.4 is 4.74 Å². The Bertz CT molecular complexity index is 734. The fourth-order valence-corrected chi connectivity index (χ4v) is 2.35. The fourth-order valence-electron chi connectivity index (χ4n) is 2.35. The number of esters is 1. The largest absolute Gasteiger partial charge is 0.478 e. The molecule has 0 aliphatic rings. The summed E-state index contributed by atoms with van der Waals surface area (Å²) < 4.78 is 5.34. The first kappa shape index (κ1) is 17.7. The number of benzene rings is 2. The molecule has 0 atom stereocenters. The van der Waals surface area contributed by atoms with Crippen LogP contribution in [0, 0.1) is 0 Å². The molecule has 0 radical (unpaired) electrons. The van der Waals surface area contributed by atoms with Crippen LogP contribution in [0.25, 0.3) is 0 Å². The second-order valence-corrected chi connectivity index (χ2v) is 6.39. The molecule has 2 aromatic carbocycles. The molecule has 4 heteroatoms. The second kappa shape index (κ2) is 7.30. The maximum absolute atomic E-state index is 12.5. The van der Waals surface area contributed by atoms with Crippen molar-refractivity contribution in [2.24, 2.45) is 0 Å². The molecule has 0 spiro atoms. The summed E-state index contributed by atoms with van der Waals surface area (Å²) in [5.41, 5.74) is 2.51. The zero-order chi connectivity index (χ0) is 17.9. The first-order valence-electron chi connectivity index (χ1n) is 7.99. The lowest BCUT2D eigenvalue weighted by atomic mass is 9.93. The molecule has 0 heterocycles. The first-order valence-corrected chi connectivity index (χ1v) is 7.99. The van der Waals surface area contributed by atoms with E-state index in [2.05, 4.69) is 33.8 Å². The van der Waals surface area contributed by atoms with Gasteiger partial charge in [0, 0.05) is 0 Å². The van der Waals surface area contributed by atoms with Gasteiger partial charge in [-0.25, -0.2) is 9.59 Å². The number of carboxylic acids is 1. The minimum Gasteiger partial charge on any atom is -0.478 e. The lowest BCUT2D eigenvalue weighted by Gasteiger charge is -2.14. The van der Waals surface area contributed by atoms with Gasteiger partial charge in [-0.1, -0.05) is 45.9 Å². The van der Waals surface area contributed by atoms with E-state index in [-0.39, 0.29) is 23.1 Å². The van der Waals surface area contributed by atoms with Gasteiger partial charge in [-0.2, -0.15) is 0 Å². The lowest BCUT2D eigenvalue weighted by Crippen LogP contribution is -2.12. The van der Waals surface area contributed by atoms with Crippen LogP contribution >= 0.6 is 0 Å². The van der Waals surface area contributed by atoms with Gasteiger partial charge in [-0.3, -0.25) is 0 Å². The Morgan fingerprint density at radius 1 is 0.917 bits per heavy atom. The van der Waals surface area contributed by atoms with E-state index >= 15 is 0 Å². The SMILES string of the molecule is CC(C)c1cc(C(=O)Oc2ccccc2C(=O)O)cc(C(C)C)c1. The number of carbonyl (C=O) groups is 2. The molecule has 0 saturated heterocycles. The number of para-hydroxylation sites is 1. The number of carboxylic acid groups (broad SMARTS) is 1. The van der Waals surface area contributed by atoms with Crippen molar-refractivity contribution in [3.05, 3.63) is 64.7 Å². The highest BCUT2D eigenvalue weighted by Crippen LogP contribution is 2.25. The molecule has 2 rings (SSSR count). The summed E-state index contributed by atoms with van der Waals surface area (Å²) in [4.78, 5) is 23.8. The molecule has 0 aromatic heterocycles. The highest BCUT2D eigenvalue weighted by Gasteiger charge is 2.17. The normalized spacial score (nSPS) is 10.9. The average Bonchev–Trinajstić information content (AvgIpc) is 2.54. The Balaban J connectivity index is 2.38. The summed E-state index contributed by atoms with van der Waals surface area (Å²) in [6.07, 6.45) is 0. The Morgan fingerprint density at radius 3 is 1.96 bits per heavy atom. The van der Waals surface area contributed by atoms with Crippen molar-refractivity contribution in [2.75, 3.05) is 0 Å². The van der Waals surface area contributed by atoms with Crippen LogP contribution in [0.15, 0.2) is 42.5 Å². The fraction of sp³-hybridized carbons (Fsp3) is 0.300. The molecule has 0 fully saturated rings. The smallest absolute Gasteiger partial charge is 0.343 e. The van der Waals surface area contributed by atoms with Crippen LogP contribution in [0.4, 0.5) is 0 Å². The van der Waals surface area contributed by atoms with E-state index in [1.807, 2.05) is 12.1 Å². The van der Waals surface area contributed by atoms with E-state index in [1.165, 1.54) is 12.1 Å². The van der Waals surface area contributed by atoms with Crippen molar-refractivity contribution in [1.29, 1.82) is 0 Å². The molecule has 1 N–H and O–H groups in total. The molecular weight excluding hydrogens is 304 g/mol. The molecule has 2 aromatic rings. The maximum Gasteiger partial charge on any atom is 0.343 e. The zero-order valence-electron chi connectivity index (χ0n) is 14.4. The van der Waals surface area contributed by atoms with Crippen molar-refractivity contribution in [1.82, 2.24) is 0 Å². The number of hydrogen-bond donors (Lipinski definition) is 1. The standard InChI is InChI=1S/C20H22O4/c1-12(2)14-9-15(13(3)4)11-16(10-14)20(23)24-18-8-6-5-7-17(18)19(21)22/h5-13H,1-4H3,(H,21,22). The summed E-state index contributed by atoms with van der Waals surface area (Å²) in [7, 11) is 0. The van der Waals surface area contributed by atoms with Gasteiger partial charge in [0.1, 0.15) is 11.3 Å². The van der Waals surface area contributed by atoms with Gasteiger partial charge < -0.3 is 9.84 Å². The van der Waals surface area contributed by atoms with Gasteiger partial charge in [0.05, 0.1) is 5.56 Å². The summed E-state index contributed by atoms with van der Waals surface area (Å²) in [6.45, 7) is 8.26. The number of hydrogen-bond acceptors (Lipinski definition) is 3. The number of rotatable bonds is 5. The van der Waals surface area contributed by atoms with Crippen LogP contribution in [-0.2, 0) is 0 Å². The predicted octanol–water partition coefficient (Wildman–Crippen LogP) is 4.85. The van der Waals surface area contributed by atoms with Gasteiger partial charge in [0.15, 0.2) is 0 Å². The summed E-state index contributed by atoms with van der Waals surface area (Å²) in [6, 6.07) is 11.8. The van der Waals surface area contributed by atoms with E-state index in [9.17, 15) is 14.7 Å². The predicted molar refractivity (Wildman–Crippen MR) is 93.0 cm³/mol. The number of aromatic carboxylic acids is 1. The van der Waals surface area contributed by atoms with Crippen molar-refractivity contribution in [2.45, 2.75) is 39.5 Å². The van der Waals surface area contributed by atoms with E-state index in [1.54, 1.807) is 12.1 Å². The number of carbonyl (C=O) groups excluding carboxylic acids is 1. The van der Waals surface area contributed by atoms with E-state index in [4.69, 9.17) is 4.74 Å². The van der Waals surface area contributed by atoms with Gasteiger partial charge in [0.25, 0.3) is 0 Å². The van der Waals surface area contributed by atoms with E-state index in [0.29, 0.717) is 5.56 Å². The molecule has 126 valence electrons. The summed E-state index contributed by atoms with van der Waals surface area (Å²) in [5, 5.41) is 9.19. The third-order valence-corrected chi connectivity index (χ3v) is 3.87. The van der Waals surface area contributed by atoms with Gasteiger partial charge in [-0.05, 0) is 47.2 Å². The lowest BCUT2D eigenvalue weighted by molar-refractivity contribution is 0.0681. The molecule has 0 aliphatic carbocycles. The minimum absolute atomic E-state index is 0.0325. The first-order chi connectivity index (χ1) is 11.3. The Kier molecular flexibility index (Phi) is 5.39. The third kappa shape index (κ3) is 4.02. The Morgan fingerprint density at radius 2 is 1.46 bits per heavy atom. The van der Waals surface area contributed by atoms with E-state index < -0.39 is 11.9 Å². The molecule has 0 unspecified atom stereocenters. The van der Waals surface area contributed by atoms with Gasteiger partial charge in [0.2, 0.25) is 0 Å². The Labute approximate surface area is 142 Å².